The maximum Gasteiger partial charge on any atom is 0.306 e. The van der Waals surface area contributed by atoms with Gasteiger partial charge in [-0.25, -0.2) is 0 Å². The molecule has 5 heteroatoms. The molecule has 0 saturated carbocycles. The third-order valence-electron chi connectivity index (χ3n) is 3.33. The molecular formula is C17H25O4P. The predicted molar refractivity (Wildman–Crippen MR) is 89.0 cm³/mol. The summed E-state index contributed by atoms with van der Waals surface area (Å²) in [6.45, 7) is 11.4. The minimum absolute atomic E-state index is 0.0434. The van der Waals surface area contributed by atoms with Crippen molar-refractivity contribution < 1.29 is 18.9 Å². The van der Waals surface area contributed by atoms with E-state index < -0.39 is 6.10 Å². The van der Waals surface area contributed by atoms with E-state index in [1.807, 2.05) is 46.8 Å². The molecule has 0 saturated heterocycles. The first-order valence-corrected chi connectivity index (χ1v) is 7.70. The Morgan fingerprint density at radius 2 is 1.55 bits per heavy atom. The number of rotatable bonds is 5. The Kier molecular flexibility index (Phi) is 8.81. The highest BCUT2D eigenvalue weighted by atomic mass is 31.0. The van der Waals surface area contributed by atoms with Crippen LogP contribution in [0.3, 0.4) is 0 Å². The zero-order valence-corrected chi connectivity index (χ0v) is 15.1. The molecule has 0 amide bonds. The van der Waals surface area contributed by atoms with Gasteiger partial charge in [0.15, 0.2) is 6.10 Å². The van der Waals surface area contributed by atoms with Crippen LogP contribution in [0, 0.1) is 26.7 Å². The zero-order chi connectivity index (χ0) is 17.4. The molecule has 1 aromatic carbocycles. The van der Waals surface area contributed by atoms with Crippen molar-refractivity contribution in [3.63, 3.8) is 0 Å². The summed E-state index contributed by atoms with van der Waals surface area (Å²) in [5.74, 6) is -0.477. The van der Waals surface area contributed by atoms with Gasteiger partial charge in [-0.2, -0.15) is 0 Å². The second kappa shape index (κ2) is 9.47. The number of ketones is 1. The maximum atomic E-state index is 12.7. The van der Waals surface area contributed by atoms with E-state index >= 15 is 0 Å². The van der Waals surface area contributed by atoms with Crippen molar-refractivity contribution in [1.29, 1.82) is 0 Å². The number of esters is 1. The van der Waals surface area contributed by atoms with Crippen molar-refractivity contribution in [2.75, 3.05) is 0 Å². The average Bonchev–Trinajstić information content (AvgIpc) is 2.44. The number of hydrogen-bond donors (Lipinski definition) is 0. The maximum absolute atomic E-state index is 12.7. The van der Waals surface area contributed by atoms with Gasteiger partial charge in [-0.1, -0.05) is 38.5 Å². The third-order valence-corrected chi connectivity index (χ3v) is 3.33. The van der Waals surface area contributed by atoms with Gasteiger partial charge in [0, 0.05) is 12.0 Å². The number of benzene rings is 1. The fourth-order valence-electron chi connectivity index (χ4n) is 2.43. The van der Waals surface area contributed by atoms with Crippen LogP contribution in [0.15, 0.2) is 12.1 Å². The van der Waals surface area contributed by atoms with E-state index in [0.29, 0.717) is 5.56 Å². The first-order valence-electron chi connectivity index (χ1n) is 7.29. The van der Waals surface area contributed by atoms with Gasteiger partial charge in [0.05, 0.1) is 0 Å². The highest BCUT2D eigenvalue weighted by Crippen LogP contribution is 2.22. The van der Waals surface area contributed by atoms with Gasteiger partial charge in [-0.05, 0) is 37.8 Å². The Labute approximate surface area is 134 Å². The molecule has 122 valence electrons. The number of carbonyl (C=O) groups is 2. The van der Waals surface area contributed by atoms with E-state index in [2.05, 4.69) is 0 Å². The highest BCUT2D eigenvalue weighted by molar-refractivity contribution is 7.00. The first kappa shape index (κ1) is 20.5. The standard InChI is InChI=1S/C17H24O3.HOP/c1-7-14(18)20-17(10(2)3)16(19)15-12(5)8-11(4)9-13(15)6;1-2/h8-10,17H,7H2,1-6H3;2H. The van der Waals surface area contributed by atoms with Crippen LogP contribution >= 0.6 is 9.12 Å². The largest absolute Gasteiger partial charge is 0.454 e. The van der Waals surface area contributed by atoms with Crippen LogP contribution in [0.5, 0.6) is 0 Å². The normalized spacial score (nSPS) is 11.4. The van der Waals surface area contributed by atoms with Crippen LogP contribution in [0.4, 0.5) is 0 Å². The lowest BCUT2D eigenvalue weighted by molar-refractivity contribution is -0.148. The van der Waals surface area contributed by atoms with Crippen molar-refractivity contribution in [1.82, 2.24) is 0 Å². The van der Waals surface area contributed by atoms with Gasteiger partial charge < -0.3 is 4.74 Å². The van der Waals surface area contributed by atoms with Gasteiger partial charge in [-0.3, -0.25) is 14.2 Å². The molecule has 0 N–H and O–H groups in total. The van der Waals surface area contributed by atoms with Gasteiger partial charge in [0.25, 0.3) is 0 Å². The van der Waals surface area contributed by atoms with Crippen LogP contribution in [0.2, 0.25) is 0 Å². The lowest BCUT2D eigenvalue weighted by Crippen LogP contribution is -2.33. The second-order valence-electron chi connectivity index (χ2n) is 5.65. The quantitative estimate of drug-likeness (QED) is 0.461. The number of ether oxygens (including phenoxy) is 1. The van der Waals surface area contributed by atoms with E-state index in [1.54, 1.807) is 16.0 Å². The molecule has 1 unspecified atom stereocenters. The predicted octanol–water partition coefficient (Wildman–Crippen LogP) is 4.25. The van der Waals surface area contributed by atoms with Crippen LogP contribution in [0.1, 0.15) is 54.2 Å². The number of hydrogen-bond acceptors (Lipinski definition) is 4. The monoisotopic (exact) mass is 324 g/mol. The first-order chi connectivity index (χ1) is 10.3. The lowest BCUT2D eigenvalue weighted by atomic mass is 9.90. The molecule has 0 fully saturated rings. The van der Waals surface area contributed by atoms with Crippen molar-refractivity contribution >= 4 is 20.9 Å². The number of aryl methyl sites for hydroxylation is 3. The van der Waals surface area contributed by atoms with Gasteiger partial charge in [0.2, 0.25) is 5.78 Å². The summed E-state index contributed by atoms with van der Waals surface area (Å²) in [6, 6.07) is 3.97. The van der Waals surface area contributed by atoms with Crippen LogP contribution in [0.25, 0.3) is 0 Å². The van der Waals surface area contributed by atoms with Gasteiger partial charge in [0.1, 0.15) is 9.12 Å². The molecule has 22 heavy (non-hydrogen) atoms. The van der Waals surface area contributed by atoms with Gasteiger partial charge in [-0.15, -0.1) is 0 Å². The summed E-state index contributed by atoms with van der Waals surface area (Å²) in [7, 11) is 1.72. The van der Waals surface area contributed by atoms with E-state index in [-0.39, 0.29) is 24.1 Å². The molecule has 0 aliphatic rings. The van der Waals surface area contributed by atoms with E-state index in [0.717, 1.165) is 16.7 Å². The zero-order valence-electron chi connectivity index (χ0n) is 14.1. The number of Topliss-reactive ketones (excluding diaryl/α,β-unsaturated/α-hetero) is 1. The van der Waals surface area contributed by atoms with Gasteiger partial charge >= 0.3 is 5.97 Å². The fraction of sp³-hybridized carbons (Fsp3) is 0.529. The minimum Gasteiger partial charge on any atom is -0.454 e. The summed E-state index contributed by atoms with van der Waals surface area (Å²) in [5, 5.41) is 0. The van der Waals surface area contributed by atoms with Crippen molar-refractivity contribution in [3.8, 4) is 0 Å². The summed E-state index contributed by atoms with van der Waals surface area (Å²) >= 11 is 0. The summed E-state index contributed by atoms with van der Waals surface area (Å²) in [5.41, 5.74) is 3.68. The second-order valence-corrected chi connectivity index (χ2v) is 5.65. The van der Waals surface area contributed by atoms with E-state index in [1.165, 1.54) is 0 Å². The highest BCUT2D eigenvalue weighted by Gasteiger charge is 2.29. The molecule has 1 rings (SSSR count). The molecule has 1 aromatic rings. The molecule has 0 aliphatic carbocycles. The Morgan fingerprint density at radius 1 is 1.09 bits per heavy atom. The Morgan fingerprint density at radius 3 is 1.91 bits per heavy atom. The Balaban J connectivity index is 0.00000211. The molecular weight excluding hydrogens is 299 g/mol. The topological polar surface area (TPSA) is 60.4 Å². The van der Waals surface area contributed by atoms with Crippen molar-refractivity contribution in [3.05, 3.63) is 34.4 Å². The number of carbonyl (C=O) groups excluding carboxylic acids is 2. The molecule has 0 spiro atoms. The molecule has 0 bridgehead atoms. The molecule has 1 atom stereocenters. The Bertz CT molecular complexity index is 514. The van der Waals surface area contributed by atoms with Crippen LogP contribution in [-0.2, 0) is 14.1 Å². The molecule has 0 heterocycles. The molecule has 0 aromatic heterocycles. The van der Waals surface area contributed by atoms with E-state index in [4.69, 9.17) is 9.30 Å². The SMILES string of the molecule is CCC(=O)OC(C(=O)c1c(C)cc(C)cc1C)C(C)C.O=P. The molecule has 0 aliphatic heterocycles. The summed E-state index contributed by atoms with van der Waals surface area (Å²) in [4.78, 5) is 24.2. The third kappa shape index (κ3) is 5.34. The Hall–Kier alpha value is -1.54. The van der Waals surface area contributed by atoms with Crippen molar-refractivity contribution in [2.24, 2.45) is 5.92 Å². The van der Waals surface area contributed by atoms with E-state index in [9.17, 15) is 9.59 Å². The average molecular weight is 324 g/mol. The fourth-order valence-corrected chi connectivity index (χ4v) is 2.43. The van der Waals surface area contributed by atoms with Crippen LogP contribution in [-0.4, -0.2) is 17.9 Å². The summed E-state index contributed by atoms with van der Waals surface area (Å²) < 4.78 is 13.4. The lowest BCUT2D eigenvalue weighted by Gasteiger charge is -2.22. The minimum atomic E-state index is -0.706. The van der Waals surface area contributed by atoms with Crippen molar-refractivity contribution in [2.45, 2.75) is 54.1 Å². The molecule has 0 radical (unpaired) electrons. The molecule has 4 nitrogen and oxygen atoms in total. The summed E-state index contributed by atoms with van der Waals surface area (Å²) in [6.07, 6.45) is -0.426. The van der Waals surface area contributed by atoms with Crippen LogP contribution < -0.4 is 0 Å². The smallest absolute Gasteiger partial charge is 0.306 e.